The van der Waals surface area contributed by atoms with Crippen LogP contribution in [-0.2, 0) is 0 Å². The first-order valence-corrected chi connectivity index (χ1v) is 18.0. The number of rotatable bonds is 6. The van der Waals surface area contributed by atoms with Gasteiger partial charge in [-0.2, -0.15) is 44.9 Å². The average molecular weight is 901 g/mol. The van der Waals surface area contributed by atoms with Crippen molar-refractivity contribution in [3.63, 3.8) is 0 Å². The number of benzene rings is 3. The highest BCUT2D eigenvalue weighted by atomic mass is 16.0. The van der Waals surface area contributed by atoms with Crippen molar-refractivity contribution in [3.05, 3.63) is 146 Å². The second kappa shape index (κ2) is 25.6. The lowest BCUT2D eigenvalue weighted by atomic mass is 10.1. The molecule has 66 heavy (non-hydrogen) atoms. The first-order valence-electron chi connectivity index (χ1n) is 18.0. The maximum atomic E-state index is 5.57. The molecule has 0 saturated carbocycles. The number of nitrogens with two attached hydrogens (primary N) is 6. The first kappa shape index (κ1) is 54.7. The Labute approximate surface area is 375 Å². The van der Waals surface area contributed by atoms with Gasteiger partial charge < -0.3 is 67.3 Å². The zero-order valence-corrected chi connectivity index (χ0v) is 34.7. The summed E-state index contributed by atoms with van der Waals surface area (Å²) < 4.78 is 0. The fourth-order valence-electron chi connectivity index (χ4n) is 5.68. The number of aromatic nitrogens is 12. The van der Waals surface area contributed by atoms with Crippen LogP contribution in [0.15, 0.2) is 146 Å². The molecule has 0 spiro atoms. The molecule has 24 heteroatoms. The molecular weight excluding hydrogens is 853 g/mol. The van der Waals surface area contributed by atoms with Gasteiger partial charge in [-0.3, -0.25) is 15.0 Å². The van der Waals surface area contributed by atoms with E-state index in [1.807, 2.05) is 109 Å². The molecule has 0 aliphatic rings. The van der Waals surface area contributed by atoms with Crippen molar-refractivity contribution in [1.82, 2.24) is 59.8 Å². The Hall–Kier alpha value is -9.30. The lowest BCUT2D eigenvalue weighted by Gasteiger charge is -2.04. The SMILES string of the molecule is Nc1nc(N)nc(-c2ccc(-c3ccncc3)cc2)n1.Nc1nc(N)nc(-c2ccc(-c3ccncc3)cc2)n1.Nc1nc(N)nc(-c2ccc(-c3ccncc3)cc2)n1.O.O.O.O.O.O. The number of anilines is 6. The second-order valence-electron chi connectivity index (χ2n) is 12.6. The van der Waals surface area contributed by atoms with E-state index in [1.54, 1.807) is 37.2 Å². The molecule has 0 saturated heterocycles. The molecule has 0 radical (unpaired) electrons. The van der Waals surface area contributed by atoms with Crippen molar-refractivity contribution < 1.29 is 32.9 Å². The van der Waals surface area contributed by atoms with Crippen LogP contribution in [0.5, 0.6) is 0 Å². The summed E-state index contributed by atoms with van der Waals surface area (Å²) in [5.74, 6) is 2.10. The number of pyridine rings is 3. The molecule has 0 amide bonds. The summed E-state index contributed by atoms with van der Waals surface area (Å²) in [6.07, 6.45) is 10.6. The lowest BCUT2D eigenvalue weighted by molar-refractivity contribution is 0.823. The Morgan fingerprint density at radius 2 is 0.348 bits per heavy atom. The van der Waals surface area contributed by atoms with Gasteiger partial charge in [-0.05, 0) is 69.8 Å². The van der Waals surface area contributed by atoms with Gasteiger partial charge in [0.2, 0.25) is 35.7 Å². The summed E-state index contributed by atoms with van der Waals surface area (Å²) in [4.78, 5) is 47.7. The minimum Gasteiger partial charge on any atom is -0.412 e. The monoisotopic (exact) mass is 900 g/mol. The van der Waals surface area contributed by atoms with E-state index in [2.05, 4.69) is 59.8 Å². The van der Waals surface area contributed by atoms with Crippen molar-refractivity contribution in [2.45, 2.75) is 0 Å². The Kier molecular flexibility index (Phi) is 21.2. The summed E-state index contributed by atoms with van der Waals surface area (Å²) in [5, 5.41) is 0. The van der Waals surface area contributed by atoms with Gasteiger partial charge in [0, 0.05) is 53.9 Å². The minimum absolute atomic E-state index is 0. The molecular formula is C42H48N18O6. The standard InChI is InChI=1S/3C14H12N6.6H2O/c3*15-13-18-12(19-14(16)20-13)11-3-1-9(2-4-11)10-5-7-17-8-6-10;;;;;;/h3*1-8H,(H4,15,16,18,19,20);6*1H2. The fraction of sp³-hybridized carbons (Fsp3) is 0. The van der Waals surface area contributed by atoms with Gasteiger partial charge in [0.15, 0.2) is 17.5 Å². The van der Waals surface area contributed by atoms with Crippen LogP contribution in [0.2, 0.25) is 0 Å². The Morgan fingerprint density at radius 3 is 0.530 bits per heavy atom. The van der Waals surface area contributed by atoms with Crippen LogP contribution < -0.4 is 34.4 Å². The summed E-state index contributed by atoms with van der Waals surface area (Å²) >= 11 is 0. The van der Waals surface area contributed by atoms with Gasteiger partial charge in [-0.25, -0.2) is 0 Å². The number of nitrogen functional groups attached to an aromatic ring is 6. The summed E-state index contributed by atoms with van der Waals surface area (Å²) in [6.45, 7) is 0. The molecule has 3 aromatic carbocycles. The molecule has 0 unspecified atom stereocenters. The molecule has 0 aliphatic heterocycles. The lowest BCUT2D eigenvalue weighted by Crippen LogP contribution is -2.04. The van der Waals surface area contributed by atoms with Crippen LogP contribution >= 0.6 is 0 Å². The maximum absolute atomic E-state index is 5.57. The highest BCUT2D eigenvalue weighted by Gasteiger charge is 2.08. The largest absolute Gasteiger partial charge is 0.412 e. The molecule has 342 valence electrons. The highest BCUT2D eigenvalue weighted by Crippen LogP contribution is 2.25. The minimum atomic E-state index is 0. The molecule has 0 atom stereocenters. The van der Waals surface area contributed by atoms with Crippen molar-refractivity contribution in [2.75, 3.05) is 34.4 Å². The molecule has 6 aromatic heterocycles. The van der Waals surface area contributed by atoms with Crippen LogP contribution in [-0.4, -0.2) is 92.7 Å². The Balaban J connectivity index is 0.000000473. The van der Waals surface area contributed by atoms with Gasteiger partial charge in [-0.15, -0.1) is 0 Å². The topological polar surface area (TPSA) is 500 Å². The van der Waals surface area contributed by atoms with Gasteiger partial charge >= 0.3 is 0 Å². The number of hydrogen-bond donors (Lipinski definition) is 6. The normalized spacial score (nSPS) is 9.45. The van der Waals surface area contributed by atoms with Crippen LogP contribution in [0.4, 0.5) is 35.7 Å². The summed E-state index contributed by atoms with van der Waals surface area (Å²) in [7, 11) is 0. The third kappa shape index (κ3) is 14.4. The molecule has 0 aliphatic carbocycles. The van der Waals surface area contributed by atoms with Gasteiger partial charge in [0.1, 0.15) is 0 Å². The third-order valence-electron chi connectivity index (χ3n) is 8.48. The molecule has 9 aromatic rings. The van der Waals surface area contributed by atoms with E-state index in [0.29, 0.717) is 17.5 Å². The van der Waals surface area contributed by atoms with Gasteiger partial charge in [-0.1, -0.05) is 72.8 Å². The molecule has 9 rings (SSSR count). The predicted octanol–water partition coefficient (Wildman–Crippen LogP) is 0.347. The average Bonchev–Trinajstić information content (AvgIpc) is 3.27. The molecule has 0 fully saturated rings. The third-order valence-corrected chi connectivity index (χ3v) is 8.48. The second-order valence-corrected chi connectivity index (χ2v) is 12.6. The Morgan fingerprint density at radius 1 is 0.197 bits per heavy atom. The van der Waals surface area contributed by atoms with Crippen molar-refractivity contribution in [3.8, 4) is 67.5 Å². The van der Waals surface area contributed by atoms with E-state index in [-0.39, 0.29) is 68.5 Å². The van der Waals surface area contributed by atoms with E-state index < -0.39 is 0 Å². The first-order chi connectivity index (χ1) is 29.2. The maximum Gasteiger partial charge on any atom is 0.225 e. The quantitative estimate of drug-likeness (QED) is 0.131. The van der Waals surface area contributed by atoms with Gasteiger partial charge in [0.25, 0.3) is 0 Å². The van der Waals surface area contributed by atoms with Crippen LogP contribution in [0.1, 0.15) is 0 Å². The van der Waals surface area contributed by atoms with Crippen molar-refractivity contribution in [2.24, 2.45) is 0 Å². The molecule has 0 bridgehead atoms. The zero-order chi connectivity index (χ0) is 41.8. The van der Waals surface area contributed by atoms with Crippen LogP contribution in [0.3, 0.4) is 0 Å². The van der Waals surface area contributed by atoms with Crippen LogP contribution in [0.25, 0.3) is 67.5 Å². The van der Waals surface area contributed by atoms with Crippen LogP contribution in [0, 0.1) is 0 Å². The highest BCUT2D eigenvalue weighted by molar-refractivity contribution is 5.70. The molecule has 24 nitrogen and oxygen atoms in total. The van der Waals surface area contributed by atoms with Gasteiger partial charge in [0.05, 0.1) is 0 Å². The summed E-state index contributed by atoms with van der Waals surface area (Å²) in [6, 6.07) is 35.2. The number of nitrogens with zero attached hydrogens (tertiary/aromatic N) is 12. The molecule has 6 heterocycles. The van der Waals surface area contributed by atoms with E-state index in [1.165, 1.54) is 0 Å². The van der Waals surface area contributed by atoms with Crippen molar-refractivity contribution in [1.29, 1.82) is 0 Å². The van der Waals surface area contributed by atoms with E-state index in [0.717, 1.165) is 50.1 Å². The van der Waals surface area contributed by atoms with E-state index >= 15 is 0 Å². The fourth-order valence-corrected chi connectivity index (χ4v) is 5.68. The number of hydrogen-bond acceptors (Lipinski definition) is 18. The zero-order valence-electron chi connectivity index (χ0n) is 34.7. The van der Waals surface area contributed by atoms with Crippen molar-refractivity contribution >= 4 is 35.7 Å². The Bertz CT molecular complexity index is 2450. The smallest absolute Gasteiger partial charge is 0.225 e. The summed E-state index contributed by atoms with van der Waals surface area (Å²) in [5.41, 5.74) is 42.5. The van der Waals surface area contributed by atoms with E-state index in [4.69, 9.17) is 34.4 Å². The molecule has 24 N–H and O–H groups in total. The predicted molar refractivity (Wildman–Crippen MR) is 254 cm³/mol. The van der Waals surface area contributed by atoms with E-state index in [9.17, 15) is 0 Å².